The first kappa shape index (κ1) is 14.5. The summed E-state index contributed by atoms with van der Waals surface area (Å²) in [5.74, 6) is 0. The number of carboxylic acid groups (broad SMARTS) is 1. The predicted octanol–water partition coefficient (Wildman–Crippen LogP) is 3.31. The molecular weight excluding hydrogens is 264 g/mol. The molecule has 0 aliphatic heterocycles. The first-order valence-corrected chi connectivity index (χ1v) is 8.75. The summed E-state index contributed by atoms with van der Waals surface area (Å²) < 4.78 is 0. The van der Waals surface area contributed by atoms with Crippen molar-refractivity contribution in [3.8, 4) is 0 Å². The molecule has 1 N–H and O–H groups in total. The van der Waals surface area contributed by atoms with Crippen molar-refractivity contribution in [1.82, 2.24) is 0 Å². The van der Waals surface area contributed by atoms with Gasteiger partial charge in [-0.1, -0.05) is 81.4 Å². The topological polar surface area (TPSA) is 37.3 Å². The van der Waals surface area contributed by atoms with E-state index in [1.807, 2.05) is 81.4 Å². The Morgan fingerprint density at radius 3 is 1.45 bits per heavy atom. The molecule has 20 heavy (non-hydrogen) atoms. The van der Waals surface area contributed by atoms with Crippen molar-refractivity contribution in [1.29, 1.82) is 0 Å². The zero-order valence-corrected chi connectivity index (χ0v) is 13.1. The Kier molecular flexibility index (Phi) is 3.82. The first-order valence-electron chi connectivity index (χ1n) is 6.75. The molecule has 2 aromatic rings. The van der Waals surface area contributed by atoms with Crippen LogP contribution in [0.1, 0.15) is 20.8 Å². The highest BCUT2D eigenvalue weighted by atomic mass is 28.3. The Balaban J connectivity index is 2.81. The van der Waals surface area contributed by atoms with Crippen LogP contribution < -0.4 is 10.4 Å². The number of hydrogen-bond donors (Lipinski definition) is 1. The molecule has 2 rings (SSSR count). The van der Waals surface area contributed by atoms with Crippen LogP contribution in [0.3, 0.4) is 0 Å². The lowest BCUT2D eigenvalue weighted by molar-refractivity contribution is 0.217. The van der Waals surface area contributed by atoms with Gasteiger partial charge in [0.25, 0.3) is 13.7 Å². The molecule has 0 fully saturated rings. The van der Waals surface area contributed by atoms with Crippen LogP contribution >= 0.6 is 0 Å². The van der Waals surface area contributed by atoms with Crippen LogP contribution in [0.2, 0.25) is 5.04 Å². The van der Waals surface area contributed by atoms with Gasteiger partial charge in [-0.2, -0.15) is 0 Å². The molecule has 0 bridgehead atoms. The zero-order chi connectivity index (χ0) is 14.8. The third kappa shape index (κ3) is 2.18. The summed E-state index contributed by atoms with van der Waals surface area (Å²) in [7, 11) is -2.91. The molecule has 2 nitrogen and oxygen atoms in total. The molecule has 0 radical (unpaired) electrons. The fourth-order valence-corrected chi connectivity index (χ4v) is 7.56. The van der Waals surface area contributed by atoms with Crippen molar-refractivity contribution in [2.45, 2.75) is 25.8 Å². The van der Waals surface area contributed by atoms with E-state index < -0.39 is 13.7 Å². The fraction of sp³-hybridized carbons (Fsp3) is 0.235. The van der Waals surface area contributed by atoms with Crippen molar-refractivity contribution in [3.63, 3.8) is 0 Å². The molecule has 0 atom stereocenters. The van der Waals surface area contributed by atoms with E-state index in [1.54, 1.807) is 0 Å². The largest absolute Gasteiger partial charge is 0.485 e. The monoisotopic (exact) mass is 284 g/mol. The SMILES string of the molecule is CC(C)(C)[Si](C(=O)O)(c1ccccc1)c1ccccc1. The fourth-order valence-electron chi connectivity index (χ4n) is 2.98. The second-order valence-corrected chi connectivity index (χ2v) is 10.6. The summed E-state index contributed by atoms with van der Waals surface area (Å²) in [6.07, 6.45) is 0. The standard InChI is InChI=1S/C17H20O2Si/c1-17(2,3)20(16(18)19,14-10-6-4-7-11-14)15-12-8-5-9-13-15/h4-13H,1-3H3,(H,18,19). The highest BCUT2D eigenvalue weighted by Crippen LogP contribution is 2.36. The predicted molar refractivity (Wildman–Crippen MR) is 85.6 cm³/mol. The van der Waals surface area contributed by atoms with E-state index in [-0.39, 0.29) is 5.04 Å². The number of rotatable bonds is 3. The van der Waals surface area contributed by atoms with E-state index in [9.17, 15) is 9.90 Å². The molecule has 0 aliphatic rings. The molecule has 0 unspecified atom stereocenters. The summed E-state index contributed by atoms with van der Waals surface area (Å²) >= 11 is 0. The second-order valence-electron chi connectivity index (χ2n) is 6.04. The number of hydrogen-bond acceptors (Lipinski definition) is 1. The van der Waals surface area contributed by atoms with E-state index >= 15 is 0 Å². The quantitative estimate of drug-likeness (QED) is 0.878. The molecular formula is C17H20O2Si. The third-order valence-electron chi connectivity index (χ3n) is 3.86. The van der Waals surface area contributed by atoms with Gasteiger partial charge in [0.05, 0.1) is 0 Å². The minimum atomic E-state index is -2.91. The summed E-state index contributed by atoms with van der Waals surface area (Å²) in [6.45, 7) is 6.11. The zero-order valence-electron chi connectivity index (χ0n) is 12.1. The van der Waals surface area contributed by atoms with Crippen molar-refractivity contribution >= 4 is 24.0 Å². The Morgan fingerprint density at radius 2 is 1.20 bits per heavy atom. The number of carbonyl (C=O) groups is 1. The van der Waals surface area contributed by atoms with E-state index in [4.69, 9.17) is 0 Å². The van der Waals surface area contributed by atoms with Crippen LogP contribution in [0.15, 0.2) is 60.7 Å². The van der Waals surface area contributed by atoms with E-state index in [0.29, 0.717) is 0 Å². The highest BCUT2D eigenvalue weighted by Gasteiger charge is 2.54. The maximum absolute atomic E-state index is 12.3. The molecule has 0 aliphatic carbocycles. The van der Waals surface area contributed by atoms with Gasteiger partial charge in [-0.25, -0.2) is 0 Å². The third-order valence-corrected chi connectivity index (χ3v) is 9.15. The molecule has 104 valence electrons. The average molecular weight is 284 g/mol. The van der Waals surface area contributed by atoms with Crippen LogP contribution in [0.25, 0.3) is 0 Å². The van der Waals surface area contributed by atoms with Crippen molar-refractivity contribution in [2.75, 3.05) is 0 Å². The van der Waals surface area contributed by atoms with Gasteiger partial charge in [0.1, 0.15) is 0 Å². The lowest BCUT2D eigenvalue weighted by Gasteiger charge is -2.39. The van der Waals surface area contributed by atoms with Gasteiger partial charge in [-0.3, -0.25) is 4.79 Å². The highest BCUT2D eigenvalue weighted by molar-refractivity contribution is 7.23. The Morgan fingerprint density at radius 1 is 0.850 bits per heavy atom. The second kappa shape index (κ2) is 5.25. The Hall–Kier alpha value is -1.87. The van der Waals surface area contributed by atoms with Crippen LogP contribution in [-0.2, 0) is 0 Å². The maximum Gasteiger partial charge on any atom is 0.280 e. The van der Waals surface area contributed by atoms with Crippen molar-refractivity contribution in [3.05, 3.63) is 60.7 Å². The molecule has 0 heterocycles. The van der Waals surface area contributed by atoms with Crippen LogP contribution in [0.5, 0.6) is 0 Å². The van der Waals surface area contributed by atoms with E-state index in [2.05, 4.69) is 0 Å². The normalized spacial score (nSPS) is 12.2. The van der Waals surface area contributed by atoms with Gasteiger partial charge in [-0.05, 0) is 15.4 Å². The molecule has 0 saturated heterocycles. The molecule has 0 aromatic heterocycles. The lowest BCUT2D eigenvalue weighted by atomic mass is 10.2. The minimum Gasteiger partial charge on any atom is -0.485 e. The molecule has 0 amide bonds. The van der Waals surface area contributed by atoms with Crippen molar-refractivity contribution in [2.24, 2.45) is 0 Å². The molecule has 3 heteroatoms. The molecule has 0 saturated carbocycles. The van der Waals surface area contributed by atoms with E-state index in [1.165, 1.54) is 0 Å². The summed E-state index contributed by atoms with van der Waals surface area (Å²) in [6, 6.07) is 19.4. The smallest absolute Gasteiger partial charge is 0.280 e. The van der Waals surface area contributed by atoms with Crippen LogP contribution in [0, 0.1) is 0 Å². The number of benzene rings is 2. The maximum atomic E-state index is 12.3. The van der Waals surface area contributed by atoms with Gasteiger partial charge in [0, 0.05) is 0 Å². The summed E-state index contributed by atoms with van der Waals surface area (Å²) in [5, 5.41) is 11.7. The van der Waals surface area contributed by atoms with Crippen molar-refractivity contribution < 1.29 is 9.90 Å². The van der Waals surface area contributed by atoms with Crippen LogP contribution in [-0.4, -0.2) is 18.8 Å². The molecule has 2 aromatic carbocycles. The van der Waals surface area contributed by atoms with E-state index in [0.717, 1.165) is 10.4 Å². The first-order chi connectivity index (χ1) is 9.40. The van der Waals surface area contributed by atoms with Crippen LogP contribution in [0.4, 0.5) is 4.79 Å². The van der Waals surface area contributed by atoms with Gasteiger partial charge < -0.3 is 5.11 Å². The lowest BCUT2D eigenvalue weighted by Crippen LogP contribution is -2.69. The minimum absolute atomic E-state index is 0.318. The summed E-state index contributed by atoms with van der Waals surface area (Å²) in [5.41, 5.74) is -0.678. The average Bonchev–Trinajstić information content (AvgIpc) is 2.40. The Labute approximate surface area is 121 Å². The summed E-state index contributed by atoms with van der Waals surface area (Å²) in [4.78, 5) is 12.3. The van der Waals surface area contributed by atoms with Gasteiger partial charge >= 0.3 is 0 Å². The Bertz CT molecular complexity index is 546. The van der Waals surface area contributed by atoms with Gasteiger partial charge in [0.15, 0.2) is 0 Å². The van der Waals surface area contributed by atoms with Gasteiger partial charge in [0.2, 0.25) is 0 Å². The molecule has 0 spiro atoms. The van der Waals surface area contributed by atoms with Gasteiger partial charge in [-0.15, -0.1) is 0 Å².